The van der Waals surface area contributed by atoms with Gasteiger partial charge in [-0.3, -0.25) is 4.79 Å². The van der Waals surface area contributed by atoms with E-state index >= 15 is 0 Å². The third kappa shape index (κ3) is 3.87. The summed E-state index contributed by atoms with van der Waals surface area (Å²) in [5.41, 5.74) is 7.15. The minimum atomic E-state index is 0.0878. The second-order valence-corrected chi connectivity index (χ2v) is 7.20. The highest BCUT2D eigenvalue weighted by atomic mass is 16.1. The number of amides is 1. The first-order valence-corrected chi connectivity index (χ1v) is 9.62. The van der Waals surface area contributed by atoms with E-state index in [0.717, 1.165) is 45.8 Å². The summed E-state index contributed by atoms with van der Waals surface area (Å²) in [4.78, 5) is 17.0. The van der Waals surface area contributed by atoms with Crippen LogP contribution in [0.1, 0.15) is 49.3 Å². The lowest BCUT2D eigenvalue weighted by molar-refractivity contribution is -0.121. The summed E-state index contributed by atoms with van der Waals surface area (Å²) in [6.07, 6.45) is 2.07. The lowest BCUT2D eigenvalue weighted by Crippen LogP contribution is -2.32. The Morgan fingerprint density at radius 3 is 2.52 bits per heavy atom. The van der Waals surface area contributed by atoms with E-state index < -0.39 is 0 Å². The topological polar surface area (TPSA) is 59.3 Å². The summed E-state index contributed by atoms with van der Waals surface area (Å²) in [5.74, 6) is 0.0878. The molecule has 142 valence electrons. The number of hydrogen-bond acceptors (Lipinski definition) is 3. The van der Waals surface area contributed by atoms with Crippen molar-refractivity contribution < 1.29 is 4.79 Å². The average molecular weight is 364 g/mol. The Kier molecular flexibility index (Phi) is 5.59. The van der Waals surface area contributed by atoms with Gasteiger partial charge in [0.2, 0.25) is 5.91 Å². The van der Waals surface area contributed by atoms with E-state index in [9.17, 15) is 4.79 Å². The number of carbonyl (C=O) groups is 1. The predicted molar refractivity (Wildman–Crippen MR) is 109 cm³/mol. The number of benzene rings is 1. The van der Waals surface area contributed by atoms with Gasteiger partial charge in [0.05, 0.1) is 5.69 Å². The normalized spacial score (nSPS) is 12.3. The van der Waals surface area contributed by atoms with Gasteiger partial charge in [-0.2, -0.15) is 5.10 Å². The van der Waals surface area contributed by atoms with Crippen LogP contribution in [0.15, 0.2) is 30.3 Å². The molecule has 0 radical (unpaired) electrons. The summed E-state index contributed by atoms with van der Waals surface area (Å²) < 4.78 is 1.92. The van der Waals surface area contributed by atoms with E-state index in [-0.39, 0.29) is 11.9 Å². The molecule has 5 heteroatoms. The zero-order valence-electron chi connectivity index (χ0n) is 16.8. The third-order valence-electron chi connectivity index (χ3n) is 5.19. The van der Waals surface area contributed by atoms with E-state index in [2.05, 4.69) is 31.3 Å². The minimum Gasteiger partial charge on any atom is -0.354 e. The monoisotopic (exact) mass is 364 g/mol. The van der Waals surface area contributed by atoms with Crippen LogP contribution in [0.5, 0.6) is 0 Å². The first kappa shape index (κ1) is 19.1. The van der Waals surface area contributed by atoms with Gasteiger partial charge >= 0.3 is 0 Å². The van der Waals surface area contributed by atoms with Crippen molar-refractivity contribution in [2.24, 2.45) is 0 Å². The summed E-state index contributed by atoms with van der Waals surface area (Å²) in [6.45, 7) is 10.2. The Morgan fingerprint density at radius 2 is 1.85 bits per heavy atom. The Bertz CT molecular complexity index is 960. The van der Waals surface area contributed by atoms with Gasteiger partial charge < -0.3 is 5.32 Å². The van der Waals surface area contributed by atoms with Crippen molar-refractivity contribution in [2.75, 3.05) is 0 Å². The second kappa shape index (κ2) is 7.91. The standard InChI is InChI=1S/C22H28N4O/c1-6-14(2)23-20(27)13-12-19-15(3)24-22-21(18-10-8-7-9-11-18)16(4)25-26(22)17(19)5/h7-11,14H,6,12-13H2,1-5H3,(H,23,27). The number of aromatic nitrogens is 3. The van der Waals surface area contributed by atoms with Crippen LogP contribution in [0.3, 0.4) is 0 Å². The molecule has 0 aliphatic carbocycles. The van der Waals surface area contributed by atoms with Gasteiger partial charge in [-0.05, 0) is 51.7 Å². The first-order chi connectivity index (χ1) is 12.9. The maximum Gasteiger partial charge on any atom is 0.220 e. The summed E-state index contributed by atoms with van der Waals surface area (Å²) >= 11 is 0. The van der Waals surface area contributed by atoms with Gasteiger partial charge in [-0.25, -0.2) is 9.50 Å². The molecule has 2 heterocycles. The van der Waals surface area contributed by atoms with Crippen molar-refractivity contribution >= 4 is 11.6 Å². The zero-order valence-corrected chi connectivity index (χ0v) is 16.8. The summed E-state index contributed by atoms with van der Waals surface area (Å²) in [6, 6.07) is 10.5. The molecule has 0 spiro atoms. The number of fused-ring (bicyclic) bond motifs is 1. The fraction of sp³-hybridized carbons (Fsp3) is 0.409. The highest BCUT2D eigenvalue weighted by Gasteiger charge is 2.18. The number of nitrogens with one attached hydrogen (secondary N) is 1. The molecule has 1 unspecified atom stereocenters. The maximum absolute atomic E-state index is 12.2. The van der Waals surface area contributed by atoms with Crippen molar-refractivity contribution in [3.05, 3.63) is 53.0 Å². The largest absolute Gasteiger partial charge is 0.354 e. The van der Waals surface area contributed by atoms with Crippen LogP contribution in [-0.2, 0) is 11.2 Å². The van der Waals surface area contributed by atoms with Gasteiger partial charge in [0.15, 0.2) is 5.65 Å². The van der Waals surface area contributed by atoms with E-state index in [4.69, 9.17) is 10.1 Å². The van der Waals surface area contributed by atoms with Crippen LogP contribution in [-0.4, -0.2) is 26.5 Å². The minimum absolute atomic E-state index is 0.0878. The van der Waals surface area contributed by atoms with Gasteiger partial charge in [0.1, 0.15) is 0 Å². The van der Waals surface area contributed by atoms with E-state index in [0.29, 0.717) is 12.8 Å². The molecule has 1 N–H and O–H groups in total. The van der Waals surface area contributed by atoms with Gasteiger partial charge in [-0.15, -0.1) is 0 Å². The van der Waals surface area contributed by atoms with Crippen LogP contribution in [0.4, 0.5) is 0 Å². The number of hydrogen-bond donors (Lipinski definition) is 1. The highest BCUT2D eigenvalue weighted by molar-refractivity contribution is 5.80. The zero-order chi connectivity index (χ0) is 19.6. The molecule has 0 aliphatic rings. The number of nitrogens with zero attached hydrogens (tertiary/aromatic N) is 3. The van der Waals surface area contributed by atoms with E-state index in [1.807, 2.05) is 43.5 Å². The molecule has 0 fully saturated rings. The molecule has 3 rings (SSSR count). The quantitative estimate of drug-likeness (QED) is 0.714. The summed E-state index contributed by atoms with van der Waals surface area (Å²) in [5, 5.41) is 7.76. The molecule has 27 heavy (non-hydrogen) atoms. The van der Waals surface area contributed by atoms with Gasteiger partial charge in [-0.1, -0.05) is 37.3 Å². The van der Waals surface area contributed by atoms with Crippen molar-refractivity contribution in [1.29, 1.82) is 0 Å². The van der Waals surface area contributed by atoms with Crippen LogP contribution in [0, 0.1) is 20.8 Å². The highest BCUT2D eigenvalue weighted by Crippen LogP contribution is 2.29. The second-order valence-electron chi connectivity index (χ2n) is 7.20. The smallest absolute Gasteiger partial charge is 0.220 e. The predicted octanol–water partition coefficient (Wildman–Crippen LogP) is 4.17. The Balaban J connectivity index is 1.95. The Hall–Kier alpha value is -2.69. The van der Waals surface area contributed by atoms with Crippen LogP contribution in [0.2, 0.25) is 0 Å². The Morgan fingerprint density at radius 1 is 1.15 bits per heavy atom. The van der Waals surface area contributed by atoms with Crippen LogP contribution < -0.4 is 5.32 Å². The SMILES string of the molecule is CCC(C)NC(=O)CCc1c(C)nc2c(-c3ccccc3)c(C)nn2c1C. The molecular formula is C22H28N4O. The molecular weight excluding hydrogens is 336 g/mol. The van der Waals surface area contributed by atoms with Crippen molar-refractivity contribution in [2.45, 2.75) is 59.9 Å². The molecule has 1 amide bonds. The van der Waals surface area contributed by atoms with Crippen LogP contribution >= 0.6 is 0 Å². The maximum atomic E-state index is 12.2. The number of carbonyl (C=O) groups excluding carboxylic acids is 1. The molecule has 1 atom stereocenters. The molecule has 3 aromatic rings. The lowest BCUT2D eigenvalue weighted by atomic mass is 10.0. The van der Waals surface area contributed by atoms with Crippen molar-refractivity contribution in [3.8, 4) is 11.1 Å². The fourth-order valence-corrected chi connectivity index (χ4v) is 3.46. The molecule has 5 nitrogen and oxygen atoms in total. The van der Waals surface area contributed by atoms with E-state index in [1.165, 1.54) is 0 Å². The average Bonchev–Trinajstić information content (AvgIpc) is 2.98. The van der Waals surface area contributed by atoms with Gasteiger partial charge in [0, 0.05) is 29.4 Å². The molecule has 0 aliphatic heterocycles. The number of aryl methyl sites for hydroxylation is 3. The number of rotatable bonds is 6. The van der Waals surface area contributed by atoms with Crippen LogP contribution in [0.25, 0.3) is 16.8 Å². The molecule has 0 bridgehead atoms. The molecule has 2 aromatic heterocycles. The van der Waals surface area contributed by atoms with Crippen molar-refractivity contribution in [1.82, 2.24) is 19.9 Å². The fourth-order valence-electron chi connectivity index (χ4n) is 3.46. The third-order valence-corrected chi connectivity index (χ3v) is 5.19. The Labute approximate surface area is 160 Å². The first-order valence-electron chi connectivity index (χ1n) is 9.62. The summed E-state index contributed by atoms with van der Waals surface area (Å²) in [7, 11) is 0. The molecule has 0 saturated heterocycles. The lowest BCUT2D eigenvalue weighted by Gasteiger charge is -2.14. The van der Waals surface area contributed by atoms with E-state index in [1.54, 1.807) is 0 Å². The van der Waals surface area contributed by atoms with Gasteiger partial charge in [0.25, 0.3) is 0 Å². The molecule has 1 aromatic carbocycles. The molecule has 0 saturated carbocycles. The van der Waals surface area contributed by atoms with Crippen molar-refractivity contribution in [3.63, 3.8) is 0 Å².